The summed E-state index contributed by atoms with van der Waals surface area (Å²) in [6.07, 6.45) is -1.42. The van der Waals surface area contributed by atoms with E-state index in [0.717, 1.165) is 22.3 Å². The van der Waals surface area contributed by atoms with Crippen molar-refractivity contribution in [1.29, 1.82) is 0 Å². The Balaban J connectivity index is 1.21. The number of aliphatic carboxylic acids is 1. The average Bonchev–Trinajstić information content (AvgIpc) is 3.53. The molecule has 10 heteroatoms. The van der Waals surface area contributed by atoms with Crippen molar-refractivity contribution in [2.45, 2.75) is 42.9 Å². The van der Waals surface area contributed by atoms with Crippen molar-refractivity contribution in [3.05, 3.63) is 59.7 Å². The van der Waals surface area contributed by atoms with Gasteiger partial charge in [-0.05, 0) is 28.7 Å². The second-order valence-corrected chi connectivity index (χ2v) is 8.95. The van der Waals surface area contributed by atoms with Gasteiger partial charge < -0.3 is 24.8 Å². The predicted molar refractivity (Wildman–Crippen MR) is 119 cm³/mol. The summed E-state index contributed by atoms with van der Waals surface area (Å²) in [6.45, 7) is -1.09. The number of carbonyl (C=O) groups excluding carboxylic acids is 2. The van der Waals surface area contributed by atoms with E-state index in [1.165, 1.54) is 0 Å². The second kappa shape index (κ2) is 8.92. The molecule has 3 atom stereocenters. The molecule has 2 aromatic rings. The van der Waals surface area contributed by atoms with E-state index < -0.39 is 48.6 Å². The molecule has 2 saturated heterocycles. The molecule has 8 nitrogen and oxygen atoms in total. The lowest BCUT2D eigenvalue weighted by Gasteiger charge is -2.30. The molecule has 2 aliphatic heterocycles. The second-order valence-electron chi connectivity index (χ2n) is 8.95. The normalized spacial score (nSPS) is 22.9. The Morgan fingerprint density at radius 2 is 1.71 bits per heavy atom. The van der Waals surface area contributed by atoms with Crippen LogP contribution in [0.3, 0.4) is 0 Å². The van der Waals surface area contributed by atoms with E-state index in [1.54, 1.807) is 0 Å². The first kappa shape index (κ1) is 23.2. The maximum atomic E-state index is 14.8. The van der Waals surface area contributed by atoms with Crippen molar-refractivity contribution in [1.82, 2.24) is 10.2 Å². The molecule has 184 valence electrons. The van der Waals surface area contributed by atoms with Gasteiger partial charge in [0.25, 0.3) is 5.91 Å². The van der Waals surface area contributed by atoms with Gasteiger partial charge in [0.2, 0.25) is 0 Å². The number of ether oxygens (including phenoxy) is 2. The predicted octanol–water partition coefficient (Wildman–Crippen LogP) is 3.00. The molecule has 1 unspecified atom stereocenters. The van der Waals surface area contributed by atoms with Crippen LogP contribution in [0.15, 0.2) is 48.5 Å². The van der Waals surface area contributed by atoms with Crippen LogP contribution < -0.4 is 5.32 Å². The van der Waals surface area contributed by atoms with Crippen LogP contribution in [0.5, 0.6) is 0 Å². The molecule has 2 heterocycles. The van der Waals surface area contributed by atoms with Crippen molar-refractivity contribution in [2.24, 2.45) is 0 Å². The number of hydrogen-bond acceptors (Lipinski definition) is 5. The monoisotopic (exact) mass is 486 g/mol. The molecule has 2 amide bonds. The average molecular weight is 486 g/mol. The van der Waals surface area contributed by atoms with Crippen LogP contribution in [0, 0.1) is 0 Å². The van der Waals surface area contributed by atoms with E-state index in [1.807, 2.05) is 53.8 Å². The third kappa shape index (κ3) is 4.12. The van der Waals surface area contributed by atoms with Crippen LogP contribution >= 0.6 is 0 Å². The molecule has 5 rings (SSSR count). The number of amides is 2. The number of likely N-dealkylation sites (tertiary alicyclic amines) is 1. The molecule has 0 aromatic heterocycles. The van der Waals surface area contributed by atoms with Crippen LogP contribution in [0.25, 0.3) is 11.1 Å². The lowest BCUT2D eigenvalue weighted by molar-refractivity contribution is -0.165. The summed E-state index contributed by atoms with van der Waals surface area (Å²) in [5, 5.41) is 11.4. The Morgan fingerprint density at radius 1 is 1.09 bits per heavy atom. The minimum absolute atomic E-state index is 0.0401. The minimum atomic E-state index is -4.00. The Kier molecular flexibility index (Phi) is 5.92. The topological polar surface area (TPSA) is 105 Å². The summed E-state index contributed by atoms with van der Waals surface area (Å²) in [5.41, 5.74) is 4.01. The zero-order valence-corrected chi connectivity index (χ0v) is 18.7. The standard InChI is InChI=1S/C25H24F2N2O6/c26-25(27,23(32)29-19-9-10-34-21(19)11-20(29)22(30)31)13-28-24(33)35-12-18-16-7-3-1-5-14(16)15-6-2-4-8-17(15)18/h1-8,18-21H,9-13H2,(H,28,33)(H,30,31)/t19-,20?,21-/m0/s1. The molecule has 35 heavy (non-hydrogen) atoms. The van der Waals surface area contributed by atoms with Crippen LogP contribution in [0.2, 0.25) is 0 Å². The summed E-state index contributed by atoms with van der Waals surface area (Å²) >= 11 is 0. The molecule has 2 aromatic carbocycles. The highest BCUT2D eigenvalue weighted by molar-refractivity contribution is 5.90. The number of nitrogens with zero attached hydrogens (tertiary/aromatic N) is 1. The quantitative estimate of drug-likeness (QED) is 0.651. The van der Waals surface area contributed by atoms with E-state index >= 15 is 0 Å². The number of carboxylic acids is 1. The van der Waals surface area contributed by atoms with E-state index in [2.05, 4.69) is 0 Å². The highest BCUT2D eigenvalue weighted by Gasteiger charge is 2.55. The van der Waals surface area contributed by atoms with Gasteiger partial charge in [-0.2, -0.15) is 8.78 Å². The molecule has 3 aliphatic rings. The summed E-state index contributed by atoms with van der Waals surface area (Å²) in [7, 11) is 0. The fourth-order valence-corrected chi connectivity index (χ4v) is 5.35. The van der Waals surface area contributed by atoms with Gasteiger partial charge in [-0.15, -0.1) is 0 Å². The Morgan fingerprint density at radius 3 is 2.34 bits per heavy atom. The summed E-state index contributed by atoms with van der Waals surface area (Å²) in [5.74, 6) is -7.24. The number of nitrogens with one attached hydrogen (secondary N) is 1. The highest BCUT2D eigenvalue weighted by atomic mass is 19.3. The van der Waals surface area contributed by atoms with Gasteiger partial charge >= 0.3 is 18.0 Å². The van der Waals surface area contributed by atoms with E-state index in [-0.39, 0.29) is 32.0 Å². The lowest BCUT2D eigenvalue weighted by Crippen LogP contribution is -2.55. The summed E-state index contributed by atoms with van der Waals surface area (Å²) in [6, 6.07) is 13.3. The van der Waals surface area contributed by atoms with Crippen molar-refractivity contribution < 1.29 is 37.7 Å². The van der Waals surface area contributed by atoms with Gasteiger partial charge in [-0.1, -0.05) is 48.5 Å². The van der Waals surface area contributed by atoms with Gasteiger partial charge in [0.15, 0.2) is 0 Å². The number of carboxylic acid groups (broad SMARTS) is 1. The first-order valence-electron chi connectivity index (χ1n) is 11.4. The van der Waals surface area contributed by atoms with Gasteiger partial charge in [0, 0.05) is 18.9 Å². The van der Waals surface area contributed by atoms with Crippen molar-refractivity contribution in [3.8, 4) is 11.1 Å². The third-order valence-electron chi connectivity index (χ3n) is 6.95. The number of hydrogen-bond donors (Lipinski definition) is 2. The van der Waals surface area contributed by atoms with E-state index in [4.69, 9.17) is 9.47 Å². The van der Waals surface area contributed by atoms with Crippen LogP contribution in [0.4, 0.5) is 13.6 Å². The molecule has 0 spiro atoms. The number of fused-ring (bicyclic) bond motifs is 4. The van der Waals surface area contributed by atoms with E-state index in [0.29, 0.717) is 4.90 Å². The maximum absolute atomic E-state index is 14.8. The molecular formula is C25H24F2N2O6. The van der Waals surface area contributed by atoms with Crippen LogP contribution in [-0.2, 0) is 19.1 Å². The van der Waals surface area contributed by atoms with Gasteiger partial charge in [-0.25, -0.2) is 9.59 Å². The zero-order valence-electron chi connectivity index (χ0n) is 18.7. The van der Waals surface area contributed by atoms with Gasteiger partial charge in [0.05, 0.1) is 18.7 Å². The van der Waals surface area contributed by atoms with E-state index in [9.17, 15) is 28.3 Å². The Bertz CT molecular complexity index is 1130. The number of alkyl carbamates (subject to hydrolysis) is 1. The molecule has 2 fully saturated rings. The number of carbonyl (C=O) groups is 3. The molecule has 0 bridgehead atoms. The first-order valence-corrected chi connectivity index (χ1v) is 11.4. The highest BCUT2D eigenvalue weighted by Crippen LogP contribution is 2.44. The number of halogens is 2. The van der Waals surface area contributed by atoms with Crippen LogP contribution in [0.1, 0.15) is 29.9 Å². The maximum Gasteiger partial charge on any atom is 0.407 e. The summed E-state index contributed by atoms with van der Waals surface area (Å²) in [4.78, 5) is 37.2. The van der Waals surface area contributed by atoms with Crippen molar-refractivity contribution >= 4 is 18.0 Å². The van der Waals surface area contributed by atoms with Gasteiger partial charge in [-0.3, -0.25) is 4.79 Å². The number of rotatable bonds is 6. The Labute approximate surface area is 199 Å². The zero-order chi connectivity index (χ0) is 24.7. The molecule has 0 radical (unpaired) electrons. The fraction of sp³-hybridized carbons (Fsp3) is 0.400. The minimum Gasteiger partial charge on any atom is -0.480 e. The lowest BCUT2D eigenvalue weighted by atomic mass is 9.98. The Hall–Kier alpha value is -3.53. The number of benzene rings is 2. The number of alkyl halides is 2. The van der Waals surface area contributed by atoms with Gasteiger partial charge in [0.1, 0.15) is 12.6 Å². The molecule has 1 aliphatic carbocycles. The smallest absolute Gasteiger partial charge is 0.407 e. The third-order valence-corrected chi connectivity index (χ3v) is 6.95. The molecule has 2 N–H and O–H groups in total. The first-order chi connectivity index (χ1) is 16.8. The molecule has 0 saturated carbocycles. The SMILES string of the molecule is O=C(NCC(F)(F)C(=O)N1C(C(=O)O)C[C@@H]2OCC[C@@H]21)OCC1c2ccccc2-c2ccccc21. The van der Waals surface area contributed by atoms with Crippen molar-refractivity contribution in [3.63, 3.8) is 0 Å². The van der Waals surface area contributed by atoms with Crippen molar-refractivity contribution in [2.75, 3.05) is 19.8 Å². The summed E-state index contributed by atoms with van der Waals surface area (Å²) < 4.78 is 40.2. The largest absolute Gasteiger partial charge is 0.480 e. The molecular weight excluding hydrogens is 462 g/mol. The fourth-order valence-electron chi connectivity index (χ4n) is 5.35. The van der Waals surface area contributed by atoms with Crippen LogP contribution in [-0.4, -0.2) is 71.8 Å².